The first-order valence-electron chi connectivity index (χ1n) is 17.5. The fraction of sp³-hybridized carbons (Fsp3) is 0.310. The molecule has 1 amide bonds. The number of methoxy groups -OCH3 is 1. The molecule has 0 saturated carbocycles. The summed E-state index contributed by atoms with van der Waals surface area (Å²) in [6, 6.07) is 36.0. The Morgan fingerprint density at radius 3 is 1.81 bits per heavy atom. The van der Waals surface area contributed by atoms with E-state index in [0.29, 0.717) is 31.4 Å². The van der Waals surface area contributed by atoms with Crippen LogP contribution in [0.25, 0.3) is 11.1 Å². The van der Waals surface area contributed by atoms with E-state index in [0.717, 1.165) is 22.3 Å². The van der Waals surface area contributed by atoms with Crippen LogP contribution < -0.4 is 5.32 Å². The zero-order valence-electron chi connectivity index (χ0n) is 28.9. The van der Waals surface area contributed by atoms with E-state index in [2.05, 4.69) is 5.32 Å². The minimum atomic E-state index is -1.39. The van der Waals surface area contributed by atoms with Crippen molar-refractivity contribution in [3.63, 3.8) is 0 Å². The molecular formula is C42H43NO9. The summed E-state index contributed by atoms with van der Waals surface area (Å²) in [5.41, 5.74) is 3.99. The summed E-state index contributed by atoms with van der Waals surface area (Å²) in [4.78, 5) is 41.7. The molecule has 1 fully saturated rings. The van der Waals surface area contributed by atoms with Gasteiger partial charge in [-0.25, -0.2) is 4.79 Å². The second-order valence-corrected chi connectivity index (χ2v) is 12.9. The lowest BCUT2D eigenvalue weighted by atomic mass is 9.92. The number of nitrogens with one attached hydrogen (secondary N) is 1. The Morgan fingerprint density at radius 1 is 0.731 bits per heavy atom. The SMILES string of the molecule is CO[C@H]1O[C@H](CO)[C@@H](OC(=O)Nc2ccccc2-c2ccccc2)[C@@H]2OC(=O)[C@@H](Cc3ccccc3)C/C=C/C[C@H](Cc3ccccc3)C(=O)O[C@@H]12. The van der Waals surface area contributed by atoms with Crippen LogP contribution in [0.2, 0.25) is 0 Å². The van der Waals surface area contributed by atoms with Gasteiger partial charge in [0, 0.05) is 12.7 Å². The van der Waals surface area contributed by atoms with Crippen molar-refractivity contribution in [2.75, 3.05) is 19.0 Å². The number of hydrogen-bond acceptors (Lipinski definition) is 9. The number of aliphatic hydroxyl groups excluding tert-OH is 1. The van der Waals surface area contributed by atoms with E-state index in [1.54, 1.807) is 12.1 Å². The quantitative estimate of drug-likeness (QED) is 0.114. The molecule has 270 valence electrons. The third-order valence-corrected chi connectivity index (χ3v) is 9.32. The first-order valence-corrected chi connectivity index (χ1v) is 17.5. The highest BCUT2D eigenvalue weighted by atomic mass is 16.7. The average Bonchev–Trinajstić information content (AvgIpc) is 3.17. The van der Waals surface area contributed by atoms with Crippen molar-refractivity contribution in [3.05, 3.63) is 139 Å². The molecule has 7 atom stereocenters. The first-order chi connectivity index (χ1) is 25.4. The van der Waals surface area contributed by atoms with Gasteiger partial charge in [0.2, 0.25) is 0 Å². The van der Waals surface area contributed by atoms with Crippen LogP contribution in [-0.2, 0) is 46.1 Å². The molecule has 10 nitrogen and oxygen atoms in total. The number of esters is 2. The molecule has 0 spiro atoms. The molecule has 2 N–H and O–H groups in total. The van der Waals surface area contributed by atoms with Gasteiger partial charge >= 0.3 is 18.0 Å². The highest BCUT2D eigenvalue weighted by Crippen LogP contribution is 2.33. The molecule has 0 aliphatic carbocycles. The molecule has 52 heavy (non-hydrogen) atoms. The predicted molar refractivity (Wildman–Crippen MR) is 194 cm³/mol. The second-order valence-electron chi connectivity index (χ2n) is 12.9. The lowest BCUT2D eigenvalue weighted by Crippen LogP contribution is -2.63. The molecule has 4 aromatic carbocycles. The molecule has 0 radical (unpaired) electrons. The summed E-state index contributed by atoms with van der Waals surface area (Å²) < 4.78 is 29.9. The van der Waals surface area contributed by atoms with Crippen molar-refractivity contribution >= 4 is 23.7 Å². The minimum absolute atomic E-state index is 0.341. The lowest BCUT2D eigenvalue weighted by Gasteiger charge is -2.44. The first kappa shape index (κ1) is 36.5. The van der Waals surface area contributed by atoms with Gasteiger partial charge in [0.15, 0.2) is 24.6 Å². The van der Waals surface area contributed by atoms with Crippen LogP contribution in [0.15, 0.2) is 127 Å². The molecule has 1 saturated heterocycles. The van der Waals surface area contributed by atoms with Gasteiger partial charge in [0.25, 0.3) is 0 Å². The fourth-order valence-corrected chi connectivity index (χ4v) is 6.65. The van der Waals surface area contributed by atoms with Crippen molar-refractivity contribution in [1.82, 2.24) is 0 Å². The number of ether oxygens (including phenoxy) is 5. The topological polar surface area (TPSA) is 130 Å². The number of para-hydroxylation sites is 1. The second kappa shape index (κ2) is 17.8. The molecule has 0 unspecified atom stereocenters. The summed E-state index contributed by atoms with van der Waals surface area (Å²) in [5, 5.41) is 13.3. The minimum Gasteiger partial charge on any atom is -0.454 e. The Balaban J connectivity index is 1.33. The Bertz CT molecular complexity index is 1800. The van der Waals surface area contributed by atoms with Crippen molar-refractivity contribution in [3.8, 4) is 11.1 Å². The summed E-state index contributed by atoms with van der Waals surface area (Å²) >= 11 is 0. The highest BCUT2D eigenvalue weighted by molar-refractivity contribution is 5.91. The number of hydrogen-bond donors (Lipinski definition) is 2. The van der Waals surface area contributed by atoms with Crippen molar-refractivity contribution in [1.29, 1.82) is 0 Å². The Kier molecular flexibility index (Phi) is 12.5. The number of allylic oxidation sites excluding steroid dienone is 2. The van der Waals surface area contributed by atoms with Crippen LogP contribution in [0.5, 0.6) is 0 Å². The number of fused-ring (bicyclic) bond motifs is 1. The highest BCUT2D eigenvalue weighted by Gasteiger charge is 2.53. The molecule has 6 rings (SSSR count). The molecule has 2 aliphatic heterocycles. The lowest BCUT2D eigenvalue weighted by molar-refractivity contribution is -0.300. The number of amides is 1. The van der Waals surface area contributed by atoms with Crippen LogP contribution in [0.4, 0.5) is 10.5 Å². The molecular weight excluding hydrogens is 662 g/mol. The van der Waals surface area contributed by atoms with Gasteiger partial charge < -0.3 is 28.8 Å². The van der Waals surface area contributed by atoms with Gasteiger partial charge in [-0.1, -0.05) is 121 Å². The maximum absolute atomic E-state index is 14.1. The molecule has 0 bridgehead atoms. The van der Waals surface area contributed by atoms with Gasteiger partial charge in [0.1, 0.15) is 6.10 Å². The van der Waals surface area contributed by atoms with Gasteiger partial charge in [-0.3, -0.25) is 14.9 Å². The number of benzene rings is 4. The van der Waals surface area contributed by atoms with Gasteiger partial charge in [0.05, 0.1) is 24.1 Å². The van der Waals surface area contributed by atoms with Gasteiger partial charge in [-0.2, -0.15) is 0 Å². The van der Waals surface area contributed by atoms with Crippen molar-refractivity contribution in [2.45, 2.75) is 56.4 Å². The Hall–Kier alpha value is -5.29. The smallest absolute Gasteiger partial charge is 0.412 e. The van der Waals surface area contributed by atoms with Crippen LogP contribution >= 0.6 is 0 Å². The van der Waals surface area contributed by atoms with Crippen LogP contribution in [-0.4, -0.2) is 67.6 Å². The van der Waals surface area contributed by atoms with Crippen LogP contribution in [0.1, 0.15) is 24.0 Å². The summed E-state index contributed by atoms with van der Waals surface area (Å²) in [6.07, 6.45) is -2.15. The third kappa shape index (κ3) is 9.13. The molecule has 10 heteroatoms. The van der Waals surface area contributed by atoms with Gasteiger partial charge in [-0.15, -0.1) is 0 Å². The van der Waals surface area contributed by atoms with E-state index in [-0.39, 0.29) is 0 Å². The van der Waals surface area contributed by atoms with Crippen molar-refractivity contribution < 1.29 is 43.2 Å². The van der Waals surface area contributed by atoms with E-state index in [4.69, 9.17) is 23.7 Å². The van der Waals surface area contributed by atoms with E-state index in [1.807, 2.05) is 115 Å². The van der Waals surface area contributed by atoms with Crippen LogP contribution in [0.3, 0.4) is 0 Å². The molecule has 2 heterocycles. The van der Waals surface area contributed by atoms with Crippen molar-refractivity contribution in [2.24, 2.45) is 11.8 Å². The molecule has 0 aromatic heterocycles. The Labute approximate surface area is 303 Å². The van der Waals surface area contributed by atoms with E-state index in [9.17, 15) is 19.5 Å². The molecule has 4 aromatic rings. The maximum Gasteiger partial charge on any atom is 0.412 e. The average molecular weight is 706 g/mol. The summed E-state index contributed by atoms with van der Waals surface area (Å²) in [5.74, 6) is -2.36. The standard InChI is InChI=1S/C42H43NO9/c1-48-41-38-37(36(35(27-44)49-41)52-42(47)43-34-24-14-13-23-33(34)30-19-9-4-10-20-30)50-39(45)31(25-28-15-5-2-6-16-28)21-11-12-22-32(40(46)51-38)26-29-17-7-3-8-18-29/h2-20,23-24,31-32,35-38,41,44H,21-22,25-27H2,1H3,(H,43,47)/b12-11+/t31-,32-,35-,36-,37+,38-,41+/m1/s1. The zero-order valence-corrected chi connectivity index (χ0v) is 28.9. The predicted octanol–water partition coefficient (Wildman–Crippen LogP) is 6.53. The number of aliphatic hydroxyl groups is 1. The third-order valence-electron chi connectivity index (χ3n) is 9.32. The summed E-state index contributed by atoms with van der Waals surface area (Å²) in [6.45, 7) is -0.611. The monoisotopic (exact) mass is 705 g/mol. The number of anilines is 1. The number of rotatable bonds is 9. The maximum atomic E-state index is 14.1. The van der Waals surface area contributed by atoms with E-state index >= 15 is 0 Å². The number of carbonyl (C=O) groups is 3. The zero-order chi connectivity index (χ0) is 36.3. The van der Waals surface area contributed by atoms with E-state index in [1.165, 1.54) is 7.11 Å². The summed E-state index contributed by atoms with van der Waals surface area (Å²) in [7, 11) is 1.36. The Morgan fingerprint density at radius 2 is 1.25 bits per heavy atom. The fourth-order valence-electron chi connectivity index (χ4n) is 6.65. The normalized spacial score (nSPS) is 25.6. The van der Waals surface area contributed by atoms with Gasteiger partial charge in [-0.05, 0) is 48.4 Å². The molecule has 2 aliphatic rings. The largest absolute Gasteiger partial charge is 0.454 e. The van der Waals surface area contributed by atoms with E-state index < -0.39 is 67.2 Å². The van der Waals surface area contributed by atoms with Crippen LogP contribution in [0, 0.1) is 11.8 Å². The number of carbonyl (C=O) groups excluding carboxylic acids is 3.